The van der Waals surface area contributed by atoms with E-state index in [9.17, 15) is 14.4 Å². The lowest BCUT2D eigenvalue weighted by Crippen LogP contribution is -2.42. The van der Waals surface area contributed by atoms with E-state index in [2.05, 4.69) is 15.6 Å². The van der Waals surface area contributed by atoms with E-state index in [0.29, 0.717) is 17.4 Å². The Morgan fingerprint density at radius 3 is 2.70 bits per heavy atom. The SMILES string of the molecule is CN1Cc2ccc(-c3csc(NC(=O)CNC(=O)OC(C)(C)C)n3)cc2N(C)C1=O. The number of benzene rings is 1. The third-order valence-corrected chi connectivity index (χ3v) is 5.06. The maximum absolute atomic E-state index is 12.2. The van der Waals surface area contributed by atoms with E-state index in [4.69, 9.17) is 4.74 Å². The number of alkyl carbamates (subject to hydrolysis) is 1. The number of hydrogen-bond acceptors (Lipinski definition) is 6. The first kappa shape index (κ1) is 21.6. The molecule has 9 nitrogen and oxygen atoms in total. The topological polar surface area (TPSA) is 104 Å². The Kier molecular flexibility index (Phi) is 5.97. The maximum Gasteiger partial charge on any atom is 0.408 e. The highest BCUT2D eigenvalue weighted by Crippen LogP contribution is 2.33. The van der Waals surface area contributed by atoms with Gasteiger partial charge in [0, 0.05) is 31.6 Å². The first-order chi connectivity index (χ1) is 14.0. The summed E-state index contributed by atoms with van der Waals surface area (Å²) < 4.78 is 5.09. The summed E-state index contributed by atoms with van der Waals surface area (Å²) in [5.74, 6) is -0.402. The fourth-order valence-electron chi connectivity index (χ4n) is 2.95. The van der Waals surface area contributed by atoms with Gasteiger partial charge in [0.2, 0.25) is 5.91 Å². The lowest BCUT2D eigenvalue weighted by atomic mass is 10.0. The van der Waals surface area contributed by atoms with Crippen molar-refractivity contribution in [1.29, 1.82) is 0 Å². The van der Waals surface area contributed by atoms with Gasteiger partial charge >= 0.3 is 12.1 Å². The van der Waals surface area contributed by atoms with Gasteiger partial charge < -0.3 is 20.3 Å². The summed E-state index contributed by atoms with van der Waals surface area (Å²) in [4.78, 5) is 43.6. The van der Waals surface area contributed by atoms with Gasteiger partial charge in [0.1, 0.15) is 12.1 Å². The van der Waals surface area contributed by atoms with Gasteiger partial charge in [-0.3, -0.25) is 9.69 Å². The second-order valence-corrected chi connectivity index (χ2v) is 8.84. The quantitative estimate of drug-likeness (QED) is 0.773. The number of nitrogens with one attached hydrogen (secondary N) is 2. The molecule has 0 fully saturated rings. The Morgan fingerprint density at radius 2 is 2.00 bits per heavy atom. The van der Waals surface area contributed by atoms with Crippen molar-refractivity contribution in [2.75, 3.05) is 30.9 Å². The number of urea groups is 1. The fraction of sp³-hybridized carbons (Fsp3) is 0.400. The van der Waals surface area contributed by atoms with Crippen LogP contribution in [0.3, 0.4) is 0 Å². The summed E-state index contributed by atoms with van der Waals surface area (Å²) in [7, 11) is 3.51. The van der Waals surface area contributed by atoms with Crippen LogP contribution in [-0.4, -0.2) is 54.2 Å². The standard InChI is InChI=1S/C20H25N5O4S/c1-20(2,3)29-18(27)21-9-16(26)23-17-22-14(11-30-17)12-6-7-13-10-24(4)19(28)25(5)15(13)8-12/h6-8,11H,9-10H2,1-5H3,(H,21,27)(H,22,23,26). The lowest BCUT2D eigenvalue weighted by molar-refractivity contribution is -0.115. The van der Waals surface area contributed by atoms with Crippen LogP contribution in [0.4, 0.5) is 20.4 Å². The minimum atomic E-state index is -0.657. The van der Waals surface area contributed by atoms with Crippen LogP contribution in [0, 0.1) is 0 Å². The van der Waals surface area contributed by atoms with Gasteiger partial charge in [-0.05, 0) is 32.4 Å². The monoisotopic (exact) mass is 431 g/mol. The molecule has 0 atom stereocenters. The van der Waals surface area contributed by atoms with E-state index in [1.165, 1.54) is 11.3 Å². The number of amides is 4. The van der Waals surface area contributed by atoms with Crippen LogP contribution in [0.1, 0.15) is 26.3 Å². The van der Waals surface area contributed by atoms with E-state index in [0.717, 1.165) is 16.8 Å². The molecule has 160 valence electrons. The van der Waals surface area contributed by atoms with Crippen molar-refractivity contribution < 1.29 is 19.1 Å². The van der Waals surface area contributed by atoms with Gasteiger partial charge in [-0.1, -0.05) is 12.1 Å². The fourth-order valence-corrected chi connectivity index (χ4v) is 3.68. The van der Waals surface area contributed by atoms with Crippen molar-refractivity contribution in [2.24, 2.45) is 0 Å². The number of aromatic nitrogens is 1. The Bertz CT molecular complexity index is 982. The molecule has 1 aliphatic rings. The van der Waals surface area contributed by atoms with E-state index in [1.54, 1.807) is 44.7 Å². The molecule has 1 aliphatic heterocycles. The van der Waals surface area contributed by atoms with Crippen molar-refractivity contribution in [3.63, 3.8) is 0 Å². The van der Waals surface area contributed by atoms with Crippen molar-refractivity contribution in [3.8, 4) is 11.3 Å². The number of ether oxygens (including phenoxy) is 1. The zero-order chi connectivity index (χ0) is 22.1. The zero-order valence-electron chi connectivity index (χ0n) is 17.6. The summed E-state index contributed by atoms with van der Waals surface area (Å²) >= 11 is 1.28. The second kappa shape index (κ2) is 8.31. The van der Waals surface area contributed by atoms with Crippen LogP contribution in [0.15, 0.2) is 23.6 Å². The molecule has 0 bridgehead atoms. The number of carbonyl (C=O) groups is 3. The van der Waals surface area contributed by atoms with Gasteiger partial charge in [0.25, 0.3) is 0 Å². The molecule has 0 aliphatic carbocycles. The van der Waals surface area contributed by atoms with Crippen molar-refractivity contribution in [2.45, 2.75) is 32.9 Å². The molecule has 30 heavy (non-hydrogen) atoms. The molecule has 0 unspecified atom stereocenters. The molecule has 0 spiro atoms. The normalized spacial score (nSPS) is 13.7. The average molecular weight is 432 g/mol. The Balaban J connectivity index is 1.64. The minimum Gasteiger partial charge on any atom is -0.444 e. The molecule has 2 N–H and O–H groups in total. The van der Waals surface area contributed by atoms with Gasteiger partial charge in [-0.15, -0.1) is 11.3 Å². The third kappa shape index (κ3) is 5.07. The summed E-state index contributed by atoms with van der Waals surface area (Å²) in [6.07, 6.45) is -0.657. The van der Waals surface area contributed by atoms with Crippen LogP contribution in [0.25, 0.3) is 11.3 Å². The molecule has 1 aromatic carbocycles. The van der Waals surface area contributed by atoms with E-state index >= 15 is 0 Å². The molecule has 0 saturated carbocycles. The smallest absolute Gasteiger partial charge is 0.408 e. The molecular formula is C20H25N5O4S. The van der Waals surface area contributed by atoms with Crippen LogP contribution in [0.5, 0.6) is 0 Å². The molecule has 4 amide bonds. The minimum absolute atomic E-state index is 0.0663. The maximum atomic E-state index is 12.2. The lowest BCUT2D eigenvalue weighted by Gasteiger charge is -2.32. The van der Waals surface area contributed by atoms with Gasteiger partial charge in [0.15, 0.2) is 5.13 Å². The van der Waals surface area contributed by atoms with E-state index in [-0.39, 0.29) is 12.6 Å². The summed E-state index contributed by atoms with van der Waals surface area (Å²) in [6.45, 7) is 5.58. The van der Waals surface area contributed by atoms with Gasteiger partial charge in [-0.2, -0.15) is 0 Å². The Hall–Kier alpha value is -3.14. The largest absolute Gasteiger partial charge is 0.444 e. The number of rotatable bonds is 4. The molecule has 0 radical (unpaired) electrons. The molecule has 10 heteroatoms. The van der Waals surface area contributed by atoms with Crippen molar-refractivity contribution in [3.05, 3.63) is 29.1 Å². The predicted octanol–water partition coefficient (Wildman–Crippen LogP) is 3.27. The third-order valence-electron chi connectivity index (χ3n) is 4.31. The Morgan fingerprint density at radius 1 is 1.27 bits per heavy atom. The summed E-state index contributed by atoms with van der Waals surface area (Å²) in [6, 6.07) is 5.78. The first-order valence-corrected chi connectivity index (χ1v) is 10.3. The predicted molar refractivity (Wildman–Crippen MR) is 116 cm³/mol. The molecule has 2 heterocycles. The molecule has 1 aromatic heterocycles. The highest BCUT2D eigenvalue weighted by atomic mass is 32.1. The van der Waals surface area contributed by atoms with Crippen LogP contribution in [0.2, 0.25) is 0 Å². The number of fused-ring (bicyclic) bond motifs is 1. The number of thiazole rings is 1. The van der Waals surface area contributed by atoms with Gasteiger partial charge in [-0.25, -0.2) is 14.6 Å². The molecule has 0 saturated heterocycles. The Labute approximate surface area is 179 Å². The number of nitrogens with zero attached hydrogens (tertiary/aromatic N) is 3. The average Bonchev–Trinajstić information content (AvgIpc) is 3.11. The van der Waals surface area contributed by atoms with E-state index in [1.807, 2.05) is 23.6 Å². The highest BCUT2D eigenvalue weighted by molar-refractivity contribution is 7.14. The van der Waals surface area contributed by atoms with Crippen molar-refractivity contribution in [1.82, 2.24) is 15.2 Å². The van der Waals surface area contributed by atoms with Crippen molar-refractivity contribution >= 4 is 40.2 Å². The van der Waals surface area contributed by atoms with Crippen LogP contribution in [-0.2, 0) is 16.1 Å². The summed E-state index contributed by atoms with van der Waals surface area (Å²) in [5.41, 5.74) is 2.81. The number of carbonyl (C=O) groups excluding carboxylic acids is 3. The van der Waals surface area contributed by atoms with Gasteiger partial charge in [0.05, 0.1) is 11.4 Å². The molecule has 3 rings (SSSR count). The number of hydrogen-bond donors (Lipinski definition) is 2. The summed E-state index contributed by atoms with van der Waals surface area (Å²) in [5, 5.41) is 7.32. The molecular weight excluding hydrogens is 406 g/mol. The number of anilines is 2. The first-order valence-electron chi connectivity index (χ1n) is 9.38. The highest BCUT2D eigenvalue weighted by Gasteiger charge is 2.25. The zero-order valence-corrected chi connectivity index (χ0v) is 18.4. The van der Waals surface area contributed by atoms with Crippen LogP contribution < -0.4 is 15.5 Å². The molecule has 2 aromatic rings. The second-order valence-electron chi connectivity index (χ2n) is 7.98. The van der Waals surface area contributed by atoms with E-state index < -0.39 is 17.6 Å². The van der Waals surface area contributed by atoms with Crippen LogP contribution >= 0.6 is 11.3 Å².